The van der Waals surface area contributed by atoms with Gasteiger partial charge in [-0.15, -0.1) is 0 Å². The van der Waals surface area contributed by atoms with Crippen LogP contribution in [-0.2, 0) is 0 Å². The SMILES string of the molecule is COc1ccc(N(C)C(=O)Nc2ccc(Cl)cc2)cc1OC. The molecule has 0 aliphatic carbocycles. The number of hydrogen-bond donors (Lipinski definition) is 1. The van der Waals surface area contributed by atoms with Crippen LogP contribution < -0.4 is 19.7 Å². The summed E-state index contributed by atoms with van der Waals surface area (Å²) in [4.78, 5) is 13.7. The molecule has 2 rings (SSSR count). The molecule has 6 heteroatoms. The highest BCUT2D eigenvalue weighted by Crippen LogP contribution is 2.31. The molecule has 116 valence electrons. The van der Waals surface area contributed by atoms with Crippen molar-refractivity contribution in [3.63, 3.8) is 0 Å². The van der Waals surface area contributed by atoms with Gasteiger partial charge in [-0.25, -0.2) is 4.79 Å². The van der Waals surface area contributed by atoms with E-state index in [1.807, 2.05) is 0 Å². The number of anilines is 2. The fraction of sp³-hybridized carbons (Fsp3) is 0.188. The lowest BCUT2D eigenvalue weighted by atomic mass is 10.2. The molecule has 2 amide bonds. The van der Waals surface area contributed by atoms with Gasteiger partial charge in [-0.05, 0) is 36.4 Å². The Labute approximate surface area is 134 Å². The molecule has 5 nitrogen and oxygen atoms in total. The summed E-state index contributed by atoms with van der Waals surface area (Å²) in [6.45, 7) is 0. The van der Waals surface area contributed by atoms with E-state index in [4.69, 9.17) is 21.1 Å². The summed E-state index contributed by atoms with van der Waals surface area (Å²) in [7, 11) is 4.79. The quantitative estimate of drug-likeness (QED) is 0.925. The first-order valence-corrected chi connectivity index (χ1v) is 6.95. The highest BCUT2D eigenvalue weighted by molar-refractivity contribution is 6.30. The van der Waals surface area contributed by atoms with Gasteiger partial charge in [0.05, 0.1) is 14.2 Å². The Bertz CT molecular complexity index is 659. The lowest BCUT2D eigenvalue weighted by Gasteiger charge is -2.19. The maximum absolute atomic E-state index is 12.3. The normalized spacial score (nSPS) is 10.0. The van der Waals surface area contributed by atoms with Crippen LogP contribution in [0.25, 0.3) is 0 Å². The minimum absolute atomic E-state index is 0.269. The fourth-order valence-electron chi connectivity index (χ4n) is 1.89. The van der Waals surface area contributed by atoms with Crippen LogP contribution in [0.3, 0.4) is 0 Å². The van der Waals surface area contributed by atoms with Crippen molar-refractivity contribution in [3.8, 4) is 11.5 Å². The van der Waals surface area contributed by atoms with Gasteiger partial charge < -0.3 is 14.8 Å². The van der Waals surface area contributed by atoms with E-state index in [-0.39, 0.29) is 6.03 Å². The van der Waals surface area contributed by atoms with E-state index >= 15 is 0 Å². The maximum atomic E-state index is 12.3. The zero-order chi connectivity index (χ0) is 16.1. The van der Waals surface area contributed by atoms with Crippen molar-refractivity contribution < 1.29 is 14.3 Å². The second-order valence-electron chi connectivity index (χ2n) is 4.54. The highest BCUT2D eigenvalue weighted by atomic mass is 35.5. The molecule has 2 aromatic rings. The largest absolute Gasteiger partial charge is 0.493 e. The molecule has 0 unspecified atom stereocenters. The molecule has 0 saturated heterocycles. The summed E-state index contributed by atoms with van der Waals surface area (Å²) in [6, 6.07) is 11.9. The minimum atomic E-state index is -0.269. The number of urea groups is 1. The lowest BCUT2D eigenvalue weighted by molar-refractivity contribution is 0.258. The van der Waals surface area contributed by atoms with E-state index in [0.717, 1.165) is 0 Å². The summed E-state index contributed by atoms with van der Waals surface area (Å²) >= 11 is 5.82. The van der Waals surface area contributed by atoms with Gasteiger partial charge >= 0.3 is 6.03 Å². The van der Waals surface area contributed by atoms with Crippen LogP contribution in [-0.4, -0.2) is 27.3 Å². The molecule has 22 heavy (non-hydrogen) atoms. The van der Waals surface area contributed by atoms with Gasteiger partial charge in [0.15, 0.2) is 11.5 Å². The Hall–Kier alpha value is -2.40. The van der Waals surface area contributed by atoms with Crippen LogP contribution in [0.1, 0.15) is 0 Å². The third kappa shape index (κ3) is 3.62. The Morgan fingerprint density at radius 3 is 2.27 bits per heavy atom. The summed E-state index contributed by atoms with van der Waals surface area (Å²) < 4.78 is 10.4. The van der Waals surface area contributed by atoms with E-state index < -0.39 is 0 Å². The standard InChI is InChI=1S/C16H17ClN2O3/c1-19(13-8-9-14(21-2)15(10-13)22-3)16(20)18-12-6-4-11(17)5-7-12/h4-10H,1-3H3,(H,18,20). The zero-order valence-corrected chi connectivity index (χ0v) is 13.3. The van der Waals surface area contributed by atoms with E-state index in [9.17, 15) is 4.79 Å². The number of nitrogens with one attached hydrogen (secondary N) is 1. The second-order valence-corrected chi connectivity index (χ2v) is 4.97. The van der Waals surface area contributed by atoms with Crippen LogP contribution in [0.4, 0.5) is 16.2 Å². The number of benzene rings is 2. The molecule has 0 heterocycles. The first kappa shape index (κ1) is 16.0. The molecule has 0 atom stereocenters. The molecular formula is C16H17ClN2O3. The molecule has 2 aromatic carbocycles. The number of carbonyl (C=O) groups is 1. The number of ether oxygens (including phenoxy) is 2. The molecule has 0 aliphatic rings. The van der Waals surface area contributed by atoms with E-state index in [1.165, 1.54) is 4.90 Å². The van der Waals surface area contributed by atoms with Gasteiger partial charge in [0.25, 0.3) is 0 Å². The average Bonchev–Trinajstić information content (AvgIpc) is 2.55. The number of rotatable bonds is 4. The van der Waals surface area contributed by atoms with E-state index in [2.05, 4.69) is 5.32 Å². The molecule has 0 aromatic heterocycles. The maximum Gasteiger partial charge on any atom is 0.326 e. The Kier molecular flexibility index (Phi) is 5.12. The first-order valence-electron chi connectivity index (χ1n) is 6.57. The third-order valence-corrected chi connectivity index (χ3v) is 3.41. The minimum Gasteiger partial charge on any atom is -0.493 e. The molecule has 0 fully saturated rings. The molecule has 0 spiro atoms. The molecule has 0 bridgehead atoms. The van der Waals surface area contributed by atoms with Crippen molar-refractivity contribution >= 4 is 29.0 Å². The summed E-state index contributed by atoms with van der Waals surface area (Å²) in [5, 5.41) is 3.41. The predicted octanol–water partition coefficient (Wildman–Crippen LogP) is 4.03. The third-order valence-electron chi connectivity index (χ3n) is 3.15. The number of hydrogen-bond acceptors (Lipinski definition) is 3. The van der Waals surface area contributed by atoms with Gasteiger partial charge in [-0.1, -0.05) is 11.6 Å². The number of methoxy groups -OCH3 is 2. The van der Waals surface area contributed by atoms with Crippen molar-refractivity contribution in [2.24, 2.45) is 0 Å². The lowest BCUT2D eigenvalue weighted by Crippen LogP contribution is -2.31. The topological polar surface area (TPSA) is 50.8 Å². The highest BCUT2D eigenvalue weighted by Gasteiger charge is 2.13. The summed E-state index contributed by atoms with van der Waals surface area (Å²) in [5.74, 6) is 1.17. The summed E-state index contributed by atoms with van der Waals surface area (Å²) in [6.07, 6.45) is 0. The predicted molar refractivity (Wildman–Crippen MR) is 88.4 cm³/mol. The van der Waals surface area contributed by atoms with E-state index in [0.29, 0.717) is 27.9 Å². The Balaban J connectivity index is 2.14. The van der Waals surface area contributed by atoms with Gasteiger partial charge in [-0.3, -0.25) is 4.90 Å². The number of carbonyl (C=O) groups excluding carboxylic acids is 1. The summed E-state index contributed by atoms with van der Waals surface area (Å²) in [5.41, 5.74) is 1.35. The zero-order valence-electron chi connectivity index (χ0n) is 12.6. The monoisotopic (exact) mass is 320 g/mol. The fourth-order valence-corrected chi connectivity index (χ4v) is 2.02. The van der Waals surface area contributed by atoms with Crippen LogP contribution in [0.5, 0.6) is 11.5 Å². The molecule has 0 aliphatic heterocycles. The second kappa shape index (κ2) is 7.04. The van der Waals surface area contributed by atoms with Gasteiger partial charge in [0, 0.05) is 29.5 Å². The van der Waals surface area contributed by atoms with Crippen molar-refractivity contribution in [2.75, 3.05) is 31.5 Å². The molecule has 1 N–H and O–H groups in total. The Morgan fingerprint density at radius 2 is 1.68 bits per heavy atom. The van der Waals surface area contributed by atoms with Crippen molar-refractivity contribution in [2.45, 2.75) is 0 Å². The van der Waals surface area contributed by atoms with Crippen LogP contribution in [0, 0.1) is 0 Å². The van der Waals surface area contributed by atoms with Crippen LogP contribution in [0.15, 0.2) is 42.5 Å². The molecular weight excluding hydrogens is 304 g/mol. The van der Waals surface area contributed by atoms with Crippen molar-refractivity contribution in [1.29, 1.82) is 0 Å². The Morgan fingerprint density at radius 1 is 1.05 bits per heavy atom. The van der Waals surface area contributed by atoms with Crippen LogP contribution >= 0.6 is 11.6 Å². The number of halogens is 1. The van der Waals surface area contributed by atoms with Crippen molar-refractivity contribution in [3.05, 3.63) is 47.5 Å². The van der Waals surface area contributed by atoms with Gasteiger partial charge in [0.2, 0.25) is 0 Å². The molecule has 0 saturated carbocycles. The van der Waals surface area contributed by atoms with E-state index in [1.54, 1.807) is 63.7 Å². The average molecular weight is 321 g/mol. The van der Waals surface area contributed by atoms with Gasteiger partial charge in [-0.2, -0.15) is 0 Å². The van der Waals surface area contributed by atoms with Gasteiger partial charge in [0.1, 0.15) is 0 Å². The first-order chi connectivity index (χ1) is 10.5. The number of nitrogens with zero attached hydrogens (tertiary/aromatic N) is 1. The number of amides is 2. The smallest absolute Gasteiger partial charge is 0.326 e. The molecule has 0 radical (unpaired) electrons. The van der Waals surface area contributed by atoms with Crippen LogP contribution in [0.2, 0.25) is 5.02 Å². The van der Waals surface area contributed by atoms with Crippen molar-refractivity contribution in [1.82, 2.24) is 0 Å².